The number of halogens is 3. The molecule has 7 heteroatoms. The van der Waals surface area contributed by atoms with Gasteiger partial charge in [0.2, 0.25) is 0 Å². The summed E-state index contributed by atoms with van der Waals surface area (Å²) in [4.78, 5) is 0. The molecule has 0 bridgehead atoms. The molecule has 0 spiro atoms. The minimum Gasteiger partial charge on any atom is -0.385 e. The molecule has 17 heavy (non-hydrogen) atoms. The van der Waals surface area contributed by atoms with Gasteiger partial charge in [-0.1, -0.05) is 6.92 Å². The van der Waals surface area contributed by atoms with Crippen LogP contribution in [0.1, 0.15) is 19.8 Å². The minimum absolute atomic E-state index is 0.0334. The molecule has 4 nitrogen and oxygen atoms in total. The van der Waals surface area contributed by atoms with E-state index in [9.17, 15) is 13.2 Å². The molecule has 0 radical (unpaired) electrons. The topological polar surface area (TPSA) is 56.5 Å². The molecule has 0 aromatic rings. The van der Waals surface area contributed by atoms with Gasteiger partial charge in [0.25, 0.3) is 0 Å². The Morgan fingerprint density at radius 3 is 2.35 bits per heavy atom. The van der Waals surface area contributed by atoms with Crippen molar-refractivity contribution in [2.24, 2.45) is 11.8 Å². The van der Waals surface area contributed by atoms with E-state index in [1.165, 1.54) is 0 Å². The fourth-order valence-electron chi connectivity index (χ4n) is 1.44. The molecule has 0 fully saturated rings. The number of ether oxygens (including phenoxy) is 2. The van der Waals surface area contributed by atoms with E-state index in [2.05, 4.69) is 10.2 Å². The van der Waals surface area contributed by atoms with E-state index >= 15 is 0 Å². The molecule has 0 saturated carbocycles. The molecule has 0 heterocycles. The van der Waals surface area contributed by atoms with Gasteiger partial charge in [0.1, 0.15) is 6.61 Å². The van der Waals surface area contributed by atoms with Crippen LogP contribution in [0.25, 0.3) is 0 Å². The Bertz CT molecular complexity index is 191. The Labute approximate surface area is 99.6 Å². The highest BCUT2D eigenvalue weighted by Crippen LogP contribution is 2.15. The van der Waals surface area contributed by atoms with Crippen LogP contribution in [0.4, 0.5) is 13.2 Å². The van der Waals surface area contributed by atoms with Crippen molar-refractivity contribution in [2.75, 3.05) is 26.9 Å². The van der Waals surface area contributed by atoms with Crippen molar-refractivity contribution < 1.29 is 22.6 Å². The molecule has 0 saturated heterocycles. The van der Waals surface area contributed by atoms with Crippen LogP contribution in [-0.2, 0) is 9.47 Å². The van der Waals surface area contributed by atoms with Gasteiger partial charge >= 0.3 is 6.18 Å². The number of hydrogen-bond acceptors (Lipinski definition) is 4. The summed E-state index contributed by atoms with van der Waals surface area (Å²) < 4.78 is 44.9. The monoisotopic (exact) mass is 258 g/mol. The number of nitrogens with one attached hydrogen (secondary N) is 1. The molecule has 0 aliphatic heterocycles. The lowest BCUT2D eigenvalue weighted by atomic mass is 9.97. The second-order valence-corrected chi connectivity index (χ2v) is 3.99. The van der Waals surface area contributed by atoms with Crippen molar-refractivity contribution in [1.29, 1.82) is 0 Å². The maximum absolute atomic E-state index is 11.8. The summed E-state index contributed by atoms with van der Waals surface area (Å²) in [6.07, 6.45) is -3.03. The van der Waals surface area contributed by atoms with E-state index in [0.717, 1.165) is 6.42 Å². The van der Waals surface area contributed by atoms with Gasteiger partial charge in [-0.05, 0) is 18.8 Å². The first-order chi connectivity index (χ1) is 7.90. The van der Waals surface area contributed by atoms with Crippen LogP contribution >= 0.6 is 0 Å². The van der Waals surface area contributed by atoms with Crippen LogP contribution in [0, 0.1) is 5.92 Å². The molecule has 2 unspecified atom stereocenters. The fourth-order valence-corrected chi connectivity index (χ4v) is 1.44. The van der Waals surface area contributed by atoms with E-state index in [4.69, 9.17) is 10.6 Å². The van der Waals surface area contributed by atoms with Gasteiger partial charge in [0, 0.05) is 26.4 Å². The Balaban J connectivity index is 3.74. The molecule has 0 aliphatic rings. The first-order valence-corrected chi connectivity index (χ1v) is 5.50. The number of alkyl halides is 3. The van der Waals surface area contributed by atoms with E-state index in [1.54, 1.807) is 7.11 Å². The molecule has 3 N–H and O–H groups in total. The molecule has 0 rings (SSSR count). The highest BCUT2D eigenvalue weighted by Gasteiger charge is 2.27. The number of hydrazine groups is 1. The second kappa shape index (κ2) is 8.68. The number of methoxy groups -OCH3 is 1. The largest absolute Gasteiger partial charge is 0.411 e. The van der Waals surface area contributed by atoms with E-state index in [0.29, 0.717) is 13.0 Å². The Kier molecular flexibility index (Phi) is 8.49. The van der Waals surface area contributed by atoms with Crippen molar-refractivity contribution in [2.45, 2.75) is 32.0 Å². The molecule has 104 valence electrons. The summed E-state index contributed by atoms with van der Waals surface area (Å²) in [5, 5.41) is 0. The van der Waals surface area contributed by atoms with E-state index in [1.807, 2.05) is 6.92 Å². The van der Waals surface area contributed by atoms with E-state index in [-0.39, 0.29) is 18.6 Å². The van der Waals surface area contributed by atoms with Gasteiger partial charge in [0.05, 0.1) is 0 Å². The number of rotatable bonds is 9. The minimum atomic E-state index is -4.27. The van der Waals surface area contributed by atoms with Gasteiger partial charge < -0.3 is 9.47 Å². The number of hydrogen-bond donors (Lipinski definition) is 2. The van der Waals surface area contributed by atoms with Crippen LogP contribution in [0.15, 0.2) is 0 Å². The zero-order valence-corrected chi connectivity index (χ0v) is 10.2. The molecule has 0 aromatic heterocycles. The molecule has 0 aromatic carbocycles. The van der Waals surface area contributed by atoms with Crippen LogP contribution in [0.2, 0.25) is 0 Å². The quantitative estimate of drug-likeness (QED) is 0.373. The normalized spacial score (nSPS) is 15.9. The second-order valence-electron chi connectivity index (χ2n) is 3.99. The summed E-state index contributed by atoms with van der Waals surface area (Å²) in [7, 11) is 1.60. The van der Waals surface area contributed by atoms with Gasteiger partial charge in [0.15, 0.2) is 0 Å². The zero-order chi connectivity index (χ0) is 13.3. The summed E-state index contributed by atoms with van der Waals surface area (Å²) in [6.45, 7) is 1.39. The SMILES string of the molecule is COCCC(C)C(CCOCC(F)(F)F)NN. The number of nitrogens with two attached hydrogens (primary N) is 1. The van der Waals surface area contributed by atoms with Crippen LogP contribution in [-0.4, -0.2) is 39.1 Å². The van der Waals surface area contributed by atoms with Gasteiger partial charge in [-0.15, -0.1) is 0 Å². The van der Waals surface area contributed by atoms with Crippen molar-refractivity contribution in [3.8, 4) is 0 Å². The lowest BCUT2D eigenvalue weighted by molar-refractivity contribution is -0.174. The average Bonchev–Trinajstić information content (AvgIpc) is 2.24. The zero-order valence-electron chi connectivity index (χ0n) is 10.2. The van der Waals surface area contributed by atoms with Crippen molar-refractivity contribution in [3.63, 3.8) is 0 Å². The van der Waals surface area contributed by atoms with E-state index < -0.39 is 12.8 Å². The summed E-state index contributed by atoms with van der Waals surface area (Å²) >= 11 is 0. The molecule has 0 aliphatic carbocycles. The van der Waals surface area contributed by atoms with Crippen molar-refractivity contribution >= 4 is 0 Å². The predicted molar refractivity (Wildman–Crippen MR) is 58.3 cm³/mol. The molecular formula is C10H21F3N2O2. The Morgan fingerprint density at radius 1 is 1.24 bits per heavy atom. The maximum atomic E-state index is 11.8. The standard InChI is InChI=1S/C10H21F3N2O2/c1-8(3-5-16-2)9(15-14)4-6-17-7-10(11,12)13/h8-9,15H,3-7,14H2,1-2H3. The molecular weight excluding hydrogens is 237 g/mol. The lowest BCUT2D eigenvalue weighted by Crippen LogP contribution is -2.41. The van der Waals surface area contributed by atoms with Gasteiger partial charge in [-0.2, -0.15) is 13.2 Å². The van der Waals surface area contributed by atoms with Crippen LogP contribution in [0.3, 0.4) is 0 Å². The smallest absolute Gasteiger partial charge is 0.385 e. The molecule has 2 atom stereocenters. The summed E-state index contributed by atoms with van der Waals surface area (Å²) in [6, 6.07) is -0.0709. The lowest BCUT2D eigenvalue weighted by Gasteiger charge is -2.23. The average molecular weight is 258 g/mol. The maximum Gasteiger partial charge on any atom is 0.411 e. The summed E-state index contributed by atoms with van der Waals surface area (Å²) in [5.41, 5.74) is 2.59. The van der Waals surface area contributed by atoms with Crippen LogP contribution < -0.4 is 11.3 Å². The fraction of sp³-hybridized carbons (Fsp3) is 1.00. The Hall–Kier alpha value is -0.370. The highest BCUT2D eigenvalue weighted by molar-refractivity contribution is 4.70. The highest BCUT2D eigenvalue weighted by atomic mass is 19.4. The molecule has 0 amide bonds. The predicted octanol–water partition coefficient (Wildman–Crippen LogP) is 1.46. The third kappa shape index (κ3) is 9.34. The van der Waals surface area contributed by atoms with Crippen molar-refractivity contribution in [1.82, 2.24) is 5.43 Å². The van der Waals surface area contributed by atoms with Crippen LogP contribution in [0.5, 0.6) is 0 Å². The van der Waals surface area contributed by atoms with Gasteiger partial charge in [-0.25, -0.2) is 0 Å². The Morgan fingerprint density at radius 2 is 1.88 bits per heavy atom. The summed E-state index contributed by atoms with van der Waals surface area (Å²) in [5.74, 6) is 5.56. The van der Waals surface area contributed by atoms with Gasteiger partial charge in [-0.3, -0.25) is 11.3 Å². The van der Waals surface area contributed by atoms with Crippen molar-refractivity contribution in [3.05, 3.63) is 0 Å². The third-order valence-corrected chi connectivity index (χ3v) is 2.52. The first kappa shape index (κ1) is 16.6. The third-order valence-electron chi connectivity index (χ3n) is 2.52. The first-order valence-electron chi connectivity index (χ1n) is 5.50.